The molecular weight excluding hydrogens is 658 g/mol. The number of amides is 2. The number of carbonyl (C=O) groups excluding carboxylic acids is 3. The third-order valence-corrected chi connectivity index (χ3v) is 10.2. The lowest BCUT2D eigenvalue weighted by Gasteiger charge is -2.28. The third-order valence-electron chi connectivity index (χ3n) is 10.2. The first-order valence-corrected chi connectivity index (χ1v) is 17.6. The zero-order valence-corrected chi connectivity index (χ0v) is 29.2. The summed E-state index contributed by atoms with van der Waals surface area (Å²) in [6, 6.07) is 26.5. The Morgan fingerprint density at radius 3 is 2.52 bits per heavy atom. The van der Waals surface area contributed by atoms with Crippen LogP contribution in [-0.4, -0.2) is 63.3 Å². The molecule has 3 atom stereocenters. The summed E-state index contributed by atoms with van der Waals surface area (Å²) < 4.78 is 6.49. The van der Waals surface area contributed by atoms with Gasteiger partial charge < -0.3 is 19.8 Å². The molecule has 0 radical (unpaired) electrons. The molecule has 7 rings (SSSR count). The van der Waals surface area contributed by atoms with E-state index in [0.717, 1.165) is 22.0 Å². The number of aryl methyl sites for hydroxylation is 1. The van der Waals surface area contributed by atoms with Gasteiger partial charge in [-0.15, -0.1) is 5.10 Å². The monoisotopic (exact) mass is 699 g/mol. The van der Waals surface area contributed by atoms with Gasteiger partial charge in [0.25, 0.3) is 11.8 Å². The van der Waals surface area contributed by atoms with Gasteiger partial charge >= 0.3 is 5.97 Å². The first kappa shape index (κ1) is 34.8. The van der Waals surface area contributed by atoms with Gasteiger partial charge in [0.15, 0.2) is 5.60 Å². The molecule has 0 fully saturated rings. The number of methoxy groups -OCH3 is 1. The molecule has 11 nitrogen and oxygen atoms in total. The lowest BCUT2D eigenvalue weighted by atomic mass is 9.82. The van der Waals surface area contributed by atoms with Gasteiger partial charge in [-0.05, 0) is 60.5 Å². The second-order valence-corrected chi connectivity index (χ2v) is 13.3. The Labute approximate surface area is 301 Å². The zero-order valence-electron chi connectivity index (χ0n) is 29.2. The van der Waals surface area contributed by atoms with Gasteiger partial charge in [0, 0.05) is 48.3 Å². The van der Waals surface area contributed by atoms with Gasteiger partial charge in [-0.25, -0.2) is 0 Å². The number of aromatic nitrogens is 3. The minimum Gasteiger partial charge on any atom is -0.469 e. The van der Waals surface area contributed by atoms with Crippen LogP contribution in [0.25, 0.3) is 10.8 Å². The van der Waals surface area contributed by atoms with Crippen molar-refractivity contribution in [2.75, 3.05) is 30.1 Å². The molecule has 266 valence electrons. The Bertz CT molecular complexity index is 2160. The van der Waals surface area contributed by atoms with Crippen molar-refractivity contribution in [2.24, 2.45) is 5.92 Å². The fraction of sp³-hybridized carbons (Fsp3) is 0.293. The van der Waals surface area contributed by atoms with Crippen LogP contribution in [0.3, 0.4) is 0 Å². The van der Waals surface area contributed by atoms with E-state index in [-0.39, 0.29) is 30.8 Å². The van der Waals surface area contributed by atoms with Gasteiger partial charge in [0.1, 0.15) is 0 Å². The molecule has 0 spiro atoms. The highest BCUT2D eigenvalue weighted by molar-refractivity contribution is 6.28. The number of benzene rings is 4. The van der Waals surface area contributed by atoms with Crippen molar-refractivity contribution in [3.05, 3.63) is 126 Å². The highest BCUT2D eigenvalue weighted by Crippen LogP contribution is 2.49. The van der Waals surface area contributed by atoms with Gasteiger partial charge in [0.05, 0.1) is 42.3 Å². The number of rotatable bonds is 14. The van der Waals surface area contributed by atoms with Crippen molar-refractivity contribution in [1.29, 1.82) is 0 Å². The van der Waals surface area contributed by atoms with Gasteiger partial charge in [-0.3, -0.25) is 24.0 Å². The minimum absolute atomic E-state index is 0.0905. The van der Waals surface area contributed by atoms with Crippen LogP contribution in [0.2, 0.25) is 0 Å². The number of hydrogen-bond donors (Lipinski definition) is 2. The lowest BCUT2D eigenvalue weighted by Crippen LogP contribution is -2.44. The number of aliphatic hydroxyl groups excluding tert-OH is 1. The highest BCUT2D eigenvalue weighted by atomic mass is 16.5. The predicted molar refractivity (Wildman–Crippen MR) is 197 cm³/mol. The quantitative estimate of drug-likeness (QED) is 0.0817. The predicted octanol–water partition coefficient (Wildman–Crippen LogP) is 6.01. The molecule has 1 unspecified atom stereocenters. The van der Waals surface area contributed by atoms with E-state index in [2.05, 4.69) is 10.3 Å². The second-order valence-electron chi connectivity index (χ2n) is 13.3. The van der Waals surface area contributed by atoms with Crippen molar-refractivity contribution < 1.29 is 29.3 Å². The Morgan fingerprint density at radius 1 is 0.962 bits per heavy atom. The minimum atomic E-state index is -1.91. The molecule has 52 heavy (non-hydrogen) atoms. The molecule has 2 aliphatic rings. The van der Waals surface area contributed by atoms with Crippen LogP contribution in [0.4, 0.5) is 17.1 Å². The summed E-state index contributed by atoms with van der Waals surface area (Å²) in [7, 11) is 1.35. The smallest absolute Gasteiger partial charge is 0.305 e. The van der Waals surface area contributed by atoms with E-state index in [1.165, 1.54) is 7.11 Å². The van der Waals surface area contributed by atoms with Crippen LogP contribution in [0, 0.1) is 5.92 Å². The van der Waals surface area contributed by atoms with E-state index in [9.17, 15) is 24.6 Å². The van der Waals surface area contributed by atoms with Gasteiger partial charge in [-0.1, -0.05) is 78.9 Å². The molecule has 0 aliphatic carbocycles. The molecule has 0 saturated heterocycles. The Balaban J connectivity index is 1.13. The van der Waals surface area contributed by atoms with E-state index in [1.807, 2.05) is 98.1 Å². The summed E-state index contributed by atoms with van der Waals surface area (Å²) in [5, 5.41) is 32.9. The molecule has 2 N–H and O–H groups in total. The Hall–Kier alpha value is -5.65. The Morgan fingerprint density at radius 2 is 1.75 bits per heavy atom. The van der Waals surface area contributed by atoms with E-state index in [1.54, 1.807) is 26.6 Å². The number of fused-ring (bicyclic) bond motifs is 1. The van der Waals surface area contributed by atoms with Crippen LogP contribution >= 0.6 is 0 Å². The number of unbranched alkanes of at least 4 members (excludes halogenated alkanes) is 1. The highest BCUT2D eigenvalue weighted by Gasteiger charge is 2.52. The largest absolute Gasteiger partial charge is 0.469 e. The molecule has 0 bridgehead atoms. The molecule has 2 aliphatic heterocycles. The molecule has 2 amide bonds. The van der Waals surface area contributed by atoms with Crippen LogP contribution < -0.4 is 9.80 Å². The molecule has 3 heterocycles. The SMILES string of the molecule is COC(=O)CCCCN1C(=O)[C@@](O)([C@@H](C)/C=C/CCn2cc(C(CO)c3ccccc3)nn2)c2cc(N3C(=O)c4cccc5cccc3c45)ccc21. The first-order valence-electron chi connectivity index (χ1n) is 17.6. The number of allylic oxidation sites excluding steroid dienone is 1. The van der Waals surface area contributed by atoms with Crippen LogP contribution in [-0.2, 0) is 26.5 Å². The summed E-state index contributed by atoms with van der Waals surface area (Å²) in [6.45, 7) is 2.53. The normalized spacial score (nSPS) is 17.7. The molecule has 1 aromatic heterocycles. The average Bonchev–Trinajstić information content (AvgIpc) is 3.81. The lowest BCUT2D eigenvalue weighted by molar-refractivity contribution is -0.140. The van der Waals surface area contributed by atoms with Crippen molar-refractivity contribution in [2.45, 2.75) is 50.7 Å². The van der Waals surface area contributed by atoms with E-state index >= 15 is 0 Å². The number of aliphatic hydroxyl groups is 2. The maximum atomic E-state index is 14.2. The first-order chi connectivity index (χ1) is 25.3. The molecule has 11 heteroatoms. The van der Waals surface area contributed by atoms with Gasteiger partial charge in [0.2, 0.25) is 0 Å². The number of esters is 1. The number of anilines is 3. The van der Waals surface area contributed by atoms with Crippen LogP contribution in [0.15, 0.2) is 103 Å². The van der Waals surface area contributed by atoms with Crippen LogP contribution in [0.5, 0.6) is 0 Å². The van der Waals surface area contributed by atoms with Crippen LogP contribution in [0.1, 0.15) is 65.7 Å². The average molecular weight is 700 g/mol. The number of carbonyl (C=O) groups is 3. The maximum Gasteiger partial charge on any atom is 0.305 e. The van der Waals surface area contributed by atoms with Gasteiger partial charge in [-0.2, -0.15) is 0 Å². The van der Waals surface area contributed by atoms with Crippen molar-refractivity contribution in [1.82, 2.24) is 15.0 Å². The summed E-state index contributed by atoms with van der Waals surface area (Å²) in [5.74, 6) is -1.85. The molecule has 5 aromatic rings. The van der Waals surface area contributed by atoms with Crippen molar-refractivity contribution in [3.63, 3.8) is 0 Å². The summed E-state index contributed by atoms with van der Waals surface area (Å²) in [6.07, 6.45) is 7.43. The van der Waals surface area contributed by atoms with E-state index in [4.69, 9.17) is 4.74 Å². The fourth-order valence-corrected chi connectivity index (χ4v) is 7.39. The maximum absolute atomic E-state index is 14.2. The molecular formula is C41H41N5O6. The zero-order chi connectivity index (χ0) is 36.4. The Kier molecular flexibility index (Phi) is 9.72. The molecule has 0 saturated carbocycles. The topological polar surface area (TPSA) is 138 Å². The summed E-state index contributed by atoms with van der Waals surface area (Å²) in [4.78, 5) is 43.0. The fourth-order valence-electron chi connectivity index (χ4n) is 7.39. The number of ether oxygens (including phenoxy) is 1. The van der Waals surface area contributed by atoms with E-state index < -0.39 is 17.4 Å². The van der Waals surface area contributed by atoms with Crippen molar-refractivity contribution in [3.8, 4) is 0 Å². The second kappa shape index (κ2) is 14.5. The summed E-state index contributed by atoms with van der Waals surface area (Å²) in [5.41, 5.74) is 2.64. The number of hydrogen-bond acceptors (Lipinski definition) is 8. The standard InChI is InChI=1S/C41H41N5O6/c1-27(12-6-8-22-44-25-34(42-43-44)32(26-47)28-13-4-3-5-14-28)41(51)33-24-30(20-21-35(33)45(40(41)50)23-9-7-19-37(48)52-2)46-36-18-11-16-29-15-10-17-31(38(29)36)39(46)49/h3-6,10-18,20-21,24-25,27,32,47,51H,7-9,19,22-23,26H2,1-2H3/b12-6+/t27-,32?,41+/m0/s1. The third kappa shape index (κ3) is 6.16. The van der Waals surface area contributed by atoms with Crippen molar-refractivity contribution >= 4 is 45.6 Å². The summed E-state index contributed by atoms with van der Waals surface area (Å²) >= 11 is 0. The number of nitrogens with zero attached hydrogens (tertiary/aromatic N) is 5. The van der Waals surface area contributed by atoms with E-state index in [0.29, 0.717) is 60.5 Å². The molecule has 4 aromatic carbocycles.